The van der Waals surface area contributed by atoms with Gasteiger partial charge in [-0.15, -0.1) is 0 Å². The van der Waals surface area contributed by atoms with Crippen LogP contribution in [0.15, 0.2) is 30.3 Å². The molecule has 1 aliphatic heterocycles. The van der Waals surface area contributed by atoms with E-state index in [0.29, 0.717) is 6.04 Å². The Morgan fingerprint density at radius 1 is 1.14 bits per heavy atom. The number of hydrogen-bond acceptors (Lipinski definition) is 2. The first-order valence-corrected chi connectivity index (χ1v) is 8.82. The van der Waals surface area contributed by atoms with Crippen LogP contribution in [0.3, 0.4) is 0 Å². The van der Waals surface area contributed by atoms with Gasteiger partial charge in [0, 0.05) is 25.2 Å². The summed E-state index contributed by atoms with van der Waals surface area (Å²) in [6, 6.07) is 12.4. The molecule has 2 nitrogen and oxygen atoms in total. The first kappa shape index (κ1) is 15.1. The summed E-state index contributed by atoms with van der Waals surface area (Å²) in [5.74, 6) is 0.991. The van der Waals surface area contributed by atoms with Crippen molar-refractivity contribution in [1.82, 2.24) is 10.2 Å². The second-order valence-corrected chi connectivity index (χ2v) is 7.06. The maximum Gasteiger partial charge on any atom is 0.0195 e. The lowest BCUT2D eigenvalue weighted by molar-refractivity contribution is 0.175. The maximum absolute atomic E-state index is 3.67. The van der Waals surface area contributed by atoms with E-state index in [1.807, 2.05) is 0 Å². The van der Waals surface area contributed by atoms with Gasteiger partial charge in [0.1, 0.15) is 0 Å². The third kappa shape index (κ3) is 4.82. The Labute approximate surface area is 129 Å². The zero-order valence-electron chi connectivity index (χ0n) is 13.4. The minimum Gasteiger partial charge on any atom is -0.313 e. The normalized spacial score (nSPS) is 23.6. The van der Waals surface area contributed by atoms with E-state index in [-0.39, 0.29) is 0 Å². The zero-order valence-corrected chi connectivity index (χ0v) is 13.4. The summed E-state index contributed by atoms with van der Waals surface area (Å²) in [5, 5.41) is 3.67. The van der Waals surface area contributed by atoms with Crippen LogP contribution in [0.5, 0.6) is 0 Å². The van der Waals surface area contributed by atoms with Gasteiger partial charge in [-0.2, -0.15) is 0 Å². The molecule has 21 heavy (non-hydrogen) atoms. The molecule has 2 atom stereocenters. The molecule has 1 aromatic carbocycles. The van der Waals surface area contributed by atoms with Crippen molar-refractivity contribution in [2.75, 3.05) is 19.6 Å². The van der Waals surface area contributed by atoms with Crippen molar-refractivity contribution in [1.29, 1.82) is 0 Å². The standard InChI is InChI=1S/C19H30N2/c1-16(9-10-17-6-3-2-4-7-17)21(14-18-11-12-18)15-19-8-5-13-20-19/h2-4,6-7,16,18-20H,5,8-15H2,1H3. The summed E-state index contributed by atoms with van der Waals surface area (Å²) in [6.45, 7) is 6.24. The van der Waals surface area contributed by atoms with Crippen molar-refractivity contribution in [3.05, 3.63) is 35.9 Å². The van der Waals surface area contributed by atoms with Gasteiger partial charge in [-0.05, 0) is 63.5 Å². The van der Waals surface area contributed by atoms with Crippen LogP contribution in [0, 0.1) is 5.92 Å². The SMILES string of the molecule is CC(CCc1ccccc1)N(CC1CC1)CC1CCCN1. The van der Waals surface area contributed by atoms with Crippen LogP contribution in [0.1, 0.15) is 44.6 Å². The monoisotopic (exact) mass is 286 g/mol. The summed E-state index contributed by atoms with van der Waals surface area (Å²) >= 11 is 0. The topological polar surface area (TPSA) is 15.3 Å². The Morgan fingerprint density at radius 2 is 1.95 bits per heavy atom. The van der Waals surface area contributed by atoms with Gasteiger partial charge in [-0.25, -0.2) is 0 Å². The summed E-state index contributed by atoms with van der Waals surface area (Å²) in [4.78, 5) is 2.77. The highest BCUT2D eigenvalue weighted by Crippen LogP contribution is 2.31. The molecule has 3 rings (SSSR count). The third-order valence-corrected chi connectivity index (χ3v) is 5.12. The lowest BCUT2D eigenvalue weighted by Crippen LogP contribution is -2.43. The lowest BCUT2D eigenvalue weighted by Gasteiger charge is -2.31. The van der Waals surface area contributed by atoms with Crippen LogP contribution in [0.25, 0.3) is 0 Å². The quantitative estimate of drug-likeness (QED) is 0.787. The molecule has 2 heteroatoms. The maximum atomic E-state index is 3.67. The van der Waals surface area contributed by atoms with Crippen molar-refractivity contribution in [3.8, 4) is 0 Å². The highest BCUT2D eigenvalue weighted by atomic mass is 15.2. The molecule has 1 heterocycles. The molecule has 1 N–H and O–H groups in total. The summed E-state index contributed by atoms with van der Waals surface area (Å²) in [7, 11) is 0. The molecule has 0 bridgehead atoms. The highest BCUT2D eigenvalue weighted by Gasteiger charge is 2.28. The molecule has 0 amide bonds. The molecule has 0 spiro atoms. The number of nitrogens with zero attached hydrogens (tertiary/aromatic N) is 1. The molecule has 1 aromatic rings. The van der Waals surface area contributed by atoms with E-state index in [9.17, 15) is 0 Å². The van der Waals surface area contributed by atoms with Crippen molar-refractivity contribution >= 4 is 0 Å². The van der Waals surface area contributed by atoms with Crippen LogP contribution >= 0.6 is 0 Å². The van der Waals surface area contributed by atoms with E-state index in [2.05, 4.69) is 47.5 Å². The molecule has 0 radical (unpaired) electrons. The van der Waals surface area contributed by atoms with Crippen molar-refractivity contribution < 1.29 is 0 Å². The number of rotatable bonds is 8. The van der Waals surface area contributed by atoms with Crippen molar-refractivity contribution in [3.63, 3.8) is 0 Å². The van der Waals surface area contributed by atoms with Gasteiger partial charge in [0.05, 0.1) is 0 Å². The molecule has 0 aromatic heterocycles. The Hall–Kier alpha value is -0.860. The molecular formula is C19H30N2. The lowest BCUT2D eigenvalue weighted by atomic mass is 10.0. The molecule has 116 valence electrons. The predicted molar refractivity (Wildman–Crippen MR) is 89.5 cm³/mol. The average molecular weight is 286 g/mol. The Kier molecular flexibility index (Phi) is 5.32. The molecular weight excluding hydrogens is 256 g/mol. The summed E-state index contributed by atoms with van der Waals surface area (Å²) < 4.78 is 0. The number of aryl methyl sites for hydroxylation is 1. The van der Waals surface area contributed by atoms with Gasteiger partial charge < -0.3 is 5.32 Å². The van der Waals surface area contributed by atoms with E-state index < -0.39 is 0 Å². The summed E-state index contributed by atoms with van der Waals surface area (Å²) in [5.41, 5.74) is 1.48. The Balaban J connectivity index is 1.50. The van der Waals surface area contributed by atoms with Crippen LogP contribution < -0.4 is 5.32 Å². The number of benzene rings is 1. The van der Waals surface area contributed by atoms with Gasteiger partial charge in [-0.3, -0.25) is 4.90 Å². The predicted octanol–water partition coefficient (Wildman–Crippen LogP) is 3.47. The molecule has 2 fully saturated rings. The fraction of sp³-hybridized carbons (Fsp3) is 0.684. The first-order valence-electron chi connectivity index (χ1n) is 8.82. The minimum atomic E-state index is 0.702. The zero-order chi connectivity index (χ0) is 14.5. The Bertz CT molecular complexity index is 407. The van der Waals surface area contributed by atoms with Gasteiger partial charge >= 0.3 is 0 Å². The Morgan fingerprint density at radius 3 is 2.62 bits per heavy atom. The second-order valence-electron chi connectivity index (χ2n) is 7.06. The van der Waals surface area contributed by atoms with E-state index in [0.717, 1.165) is 12.0 Å². The fourth-order valence-electron chi connectivity index (χ4n) is 3.46. The van der Waals surface area contributed by atoms with Crippen LogP contribution in [-0.2, 0) is 6.42 Å². The van der Waals surface area contributed by atoms with Crippen molar-refractivity contribution in [2.24, 2.45) is 5.92 Å². The van der Waals surface area contributed by atoms with Crippen LogP contribution in [-0.4, -0.2) is 36.6 Å². The van der Waals surface area contributed by atoms with Gasteiger partial charge in [0.2, 0.25) is 0 Å². The molecule has 2 unspecified atom stereocenters. The molecule has 1 aliphatic carbocycles. The smallest absolute Gasteiger partial charge is 0.0195 e. The highest BCUT2D eigenvalue weighted by molar-refractivity contribution is 5.14. The van der Waals surface area contributed by atoms with Gasteiger partial charge in [0.15, 0.2) is 0 Å². The fourth-order valence-corrected chi connectivity index (χ4v) is 3.46. The third-order valence-electron chi connectivity index (χ3n) is 5.12. The largest absolute Gasteiger partial charge is 0.313 e. The van der Waals surface area contributed by atoms with Crippen LogP contribution in [0.2, 0.25) is 0 Å². The van der Waals surface area contributed by atoms with E-state index in [1.54, 1.807) is 0 Å². The van der Waals surface area contributed by atoms with E-state index in [4.69, 9.17) is 0 Å². The van der Waals surface area contributed by atoms with E-state index >= 15 is 0 Å². The average Bonchev–Trinajstić information content (AvgIpc) is 3.18. The van der Waals surface area contributed by atoms with Gasteiger partial charge in [-0.1, -0.05) is 30.3 Å². The molecule has 2 aliphatic rings. The number of hydrogen-bond donors (Lipinski definition) is 1. The molecule has 1 saturated heterocycles. The van der Waals surface area contributed by atoms with Gasteiger partial charge in [0.25, 0.3) is 0 Å². The second kappa shape index (κ2) is 7.42. The first-order chi connectivity index (χ1) is 10.3. The van der Waals surface area contributed by atoms with Crippen molar-refractivity contribution in [2.45, 2.75) is 57.5 Å². The summed E-state index contributed by atoms with van der Waals surface area (Å²) in [6.07, 6.45) is 8.14. The molecule has 1 saturated carbocycles. The van der Waals surface area contributed by atoms with E-state index in [1.165, 1.54) is 63.7 Å². The minimum absolute atomic E-state index is 0.702. The number of nitrogens with one attached hydrogen (secondary N) is 1. The van der Waals surface area contributed by atoms with Crippen LogP contribution in [0.4, 0.5) is 0 Å².